The van der Waals surface area contributed by atoms with Gasteiger partial charge < -0.3 is 54.7 Å². The maximum Gasteiger partial charge on any atom is 0.187 e. The fraction of sp³-hybridized carbons (Fsp3) is 1.00. The molecule has 10 atom stereocenters. The lowest BCUT2D eigenvalue weighted by atomic mass is 10.1. The van der Waals surface area contributed by atoms with Gasteiger partial charge in [-0.05, 0) is 6.92 Å². The van der Waals surface area contributed by atoms with E-state index in [-0.39, 0.29) is 6.61 Å². The van der Waals surface area contributed by atoms with Crippen molar-refractivity contribution in [2.75, 3.05) is 19.8 Å². The molecule has 0 aromatic heterocycles. The smallest absolute Gasteiger partial charge is 0.187 e. The summed E-state index contributed by atoms with van der Waals surface area (Å²) < 4.78 is 21.0. The highest BCUT2D eigenvalue weighted by Crippen LogP contribution is 2.30. The van der Waals surface area contributed by atoms with Gasteiger partial charge in [0.05, 0.1) is 13.2 Å². The molecule has 0 bridgehead atoms. The Hall–Kier alpha value is -0.440. The van der Waals surface area contributed by atoms with E-state index in [0.717, 1.165) is 0 Å². The maximum absolute atomic E-state index is 10.1. The number of aliphatic hydroxyl groups excluding tert-OH is 7. The predicted molar refractivity (Wildman–Crippen MR) is 78.0 cm³/mol. The lowest BCUT2D eigenvalue weighted by Gasteiger charge is -2.28. The minimum Gasteiger partial charge on any atom is -0.394 e. The standard InChI is InChI=1S/C14H26O11/c1-2-22-13-9(20)8(19)12(25-13)6(4-16)23-14-10(21)7(18)11(24-14)5(17)3-15/h5-21H,2-4H2,1H3/t5-,6-,7-,8-,9-,10-,11+,12+,13-,14-/m1/s1. The Balaban J connectivity index is 2.02. The Morgan fingerprint density at radius 2 is 1.40 bits per heavy atom. The van der Waals surface area contributed by atoms with Crippen LogP contribution in [0.4, 0.5) is 0 Å². The molecule has 11 nitrogen and oxygen atoms in total. The van der Waals surface area contributed by atoms with Gasteiger partial charge in [-0.25, -0.2) is 0 Å². The van der Waals surface area contributed by atoms with Crippen LogP contribution in [0.15, 0.2) is 0 Å². The van der Waals surface area contributed by atoms with Crippen molar-refractivity contribution in [2.45, 2.75) is 68.3 Å². The predicted octanol–water partition coefficient (Wildman–Crippen LogP) is -4.35. The minimum absolute atomic E-state index is 0.225. The van der Waals surface area contributed by atoms with Gasteiger partial charge in [0.2, 0.25) is 0 Å². The molecule has 2 heterocycles. The summed E-state index contributed by atoms with van der Waals surface area (Å²) in [6, 6.07) is 0. The van der Waals surface area contributed by atoms with Crippen LogP contribution in [0, 0.1) is 0 Å². The summed E-state index contributed by atoms with van der Waals surface area (Å²) in [5.41, 5.74) is 0. The van der Waals surface area contributed by atoms with E-state index < -0.39 is 74.6 Å². The topological polar surface area (TPSA) is 179 Å². The molecule has 2 aliphatic rings. The second-order valence-corrected chi connectivity index (χ2v) is 5.96. The van der Waals surface area contributed by atoms with Gasteiger partial charge in [0.15, 0.2) is 12.6 Å². The molecule has 2 fully saturated rings. The lowest BCUT2D eigenvalue weighted by molar-refractivity contribution is -0.243. The quantitative estimate of drug-likeness (QED) is 0.219. The molecule has 0 aliphatic carbocycles. The Morgan fingerprint density at radius 1 is 0.840 bits per heavy atom. The summed E-state index contributed by atoms with van der Waals surface area (Å²) >= 11 is 0. The van der Waals surface area contributed by atoms with Crippen LogP contribution in [0.1, 0.15) is 6.92 Å². The van der Waals surface area contributed by atoms with E-state index in [1.54, 1.807) is 6.92 Å². The van der Waals surface area contributed by atoms with Gasteiger partial charge in [0.1, 0.15) is 48.8 Å². The highest BCUT2D eigenvalue weighted by Gasteiger charge is 2.51. The fourth-order valence-electron chi connectivity index (χ4n) is 2.88. The van der Waals surface area contributed by atoms with Crippen molar-refractivity contribution >= 4 is 0 Å². The third kappa shape index (κ3) is 4.28. The summed E-state index contributed by atoms with van der Waals surface area (Å²) in [7, 11) is 0. The number of hydrogen-bond donors (Lipinski definition) is 7. The first-order valence-electron chi connectivity index (χ1n) is 8.05. The van der Waals surface area contributed by atoms with Crippen molar-refractivity contribution in [1.29, 1.82) is 0 Å². The van der Waals surface area contributed by atoms with E-state index in [9.17, 15) is 30.6 Å². The second-order valence-electron chi connectivity index (χ2n) is 5.96. The zero-order chi connectivity index (χ0) is 18.7. The first-order chi connectivity index (χ1) is 11.8. The third-order valence-electron chi connectivity index (χ3n) is 4.27. The highest BCUT2D eigenvalue weighted by molar-refractivity contribution is 4.94. The first-order valence-corrected chi connectivity index (χ1v) is 8.05. The summed E-state index contributed by atoms with van der Waals surface area (Å²) in [5, 5.41) is 67.8. The molecule has 0 aromatic rings. The molecule has 0 saturated carbocycles. The molecule has 7 N–H and O–H groups in total. The van der Waals surface area contributed by atoms with Crippen LogP contribution in [0.25, 0.3) is 0 Å². The second kappa shape index (κ2) is 8.97. The molecule has 25 heavy (non-hydrogen) atoms. The molecular weight excluding hydrogens is 344 g/mol. The third-order valence-corrected chi connectivity index (χ3v) is 4.27. The van der Waals surface area contributed by atoms with Crippen LogP contribution in [0.3, 0.4) is 0 Å². The molecule has 2 aliphatic heterocycles. The molecule has 0 aromatic carbocycles. The van der Waals surface area contributed by atoms with Crippen LogP contribution in [-0.2, 0) is 18.9 Å². The van der Waals surface area contributed by atoms with Crippen molar-refractivity contribution in [3.05, 3.63) is 0 Å². The Bertz CT molecular complexity index is 410. The van der Waals surface area contributed by atoms with E-state index >= 15 is 0 Å². The van der Waals surface area contributed by atoms with Gasteiger partial charge >= 0.3 is 0 Å². The molecule has 0 amide bonds. The fourth-order valence-corrected chi connectivity index (χ4v) is 2.88. The maximum atomic E-state index is 10.1. The van der Waals surface area contributed by atoms with E-state index in [4.69, 9.17) is 24.1 Å². The van der Waals surface area contributed by atoms with E-state index in [1.807, 2.05) is 0 Å². The molecule has 0 unspecified atom stereocenters. The molecule has 11 heteroatoms. The van der Waals surface area contributed by atoms with Gasteiger partial charge in [0, 0.05) is 6.61 Å². The normalized spacial score (nSPS) is 44.2. The number of hydrogen-bond acceptors (Lipinski definition) is 11. The lowest BCUT2D eigenvalue weighted by Crippen LogP contribution is -2.46. The average molecular weight is 370 g/mol. The van der Waals surface area contributed by atoms with Crippen LogP contribution in [0.5, 0.6) is 0 Å². The molecule has 0 spiro atoms. The molecule has 2 saturated heterocycles. The van der Waals surface area contributed by atoms with E-state index in [1.165, 1.54) is 0 Å². The first kappa shape index (κ1) is 20.9. The zero-order valence-corrected chi connectivity index (χ0v) is 13.7. The SMILES string of the molecule is CCO[C@@H]1O[C@@H]([C@@H](CO)O[C@@H]2O[C@@H]([C@H](O)CO)[C@H](O)[C@H]2O)[C@H](O)[C@H]1O. The van der Waals surface area contributed by atoms with Crippen molar-refractivity contribution in [1.82, 2.24) is 0 Å². The van der Waals surface area contributed by atoms with E-state index in [0.29, 0.717) is 0 Å². The van der Waals surface area contributed by atoms with Gasteiger partial charge in [-0.2, -0.15) is 0 Å². The number of rotatable bonds is 8. The van der Waals surface area contributed by atoms with Gasteiger partial charge in [-0.15, -0.1) is 0 Å². The zero-order valence-electron chi connectivity index (χ0n) is 13.7. The molecule has 2 rings (SSSR count). The molecule has 148 valence electrons. The summed E-state index contributed by atoms with van der Waals surface area (Å²) in [6.45, 7) is 0.552. The Kier molecular flexibility index (Phi) is 7.49. The van der Waals surface area contributed by atoms with Crippen LogP contribution < -0.4 is 0 Å². The van der Waals surface area contributed by atoms with Gasteiger partial charge in [-0.3, -0.25) is 0 Å². The van der Waals surface area contributed by atoms with Gasteiger partial charge in [-0.1, -0.05) is 0 Å². The Labute approximate surface area is 143 Å². The largest absolute Gasteiger partial charge is 0.394 e. The van der Waals surface area contributed by atoms with Gasteiger partial charge in [0.25, 0.3) is 0 Å². The van der Waals surface area contributed by atoms with Crippen molar-refractivity contribution in [3.8, 4) is 0 Å². The summed E-state index contributed by atoms with van der Waals surface area (Å²) in [6.07, 6.45) is -13.5. The number of aliphatic hydroxyl groups is 7. The highest BCUT2D eigenvalue weighted by atomic mass is 16.7. The molecular formula is C14H26O11. The minimum atomic E-state index is -1.56. The Morgan fingerprint density at radius 3 is 1.96 bits per heavy atom. The average Bonchev–Trinajstić information content (AvgIpc) is 3.04. The molecule has 0 radical (unpaired) electrons. The van der Waals surface area contributed by atoms with Crippen LogP contribution >= 0.6 is 0 Å². The van der Waals surface area contributed by atoms with Crippen molar-refractivity contribution in [3.63, 3.8) is 0 Å². The summed E-state index contributed by atoms with van der Waals surface area (Å²) in [4.78, 5) is 0. The van der Waals surface area contributed by atoms with Crippen LogP contribution in [0.2, 0.25) is 0 Å². The van der Waals surface area contributed by atoms with Crippen LogP contribution in [-0.4, -0.2) is 117 Å². The monoisotopic (exact) mass is 370 g/mol. The van der Waals surface area contributed by atoms with E-state index in [2.05, 4.69) is 0 Å². The van der Waals surface area contributed by atoms with Crippen molar-refractivity contribution < 1.29 is 54.7 Å². The summed E-state index contributed by atoms with van der Waals surface area (Å²) in [5.74, 6) is 0. The van der Waals surface area contributed by atoms with Crippen molar-refractivity contribution in [2.24, 2.45) is 0 Å². The number of ether oxygens (including phenoxy) is 4.